The van der Waals surface area contributed by atoms with E-state index in [1.165, 1.54) is 0 Å². The number of rotatable bonds is 16. The van der Waals surface area contributed by atoms with Crippen molar-refractivity contribution in [3.63, 3.8) is 0 Å². The van der Waals surface area contributed by atoms with Crippen LogP contribution in [0.1, 0.15) is 63.7 Å². The first kappa shape index (κ1) is 35.1. The average molecular weight is 572 g/mol. The van der Waals surface area contributed by atoms with Gasteiger partial charge in [-0.3, -0.25) is 9.59 Å². The molecule has 0 bridgehead atoms. The molecule has 2 amide bonds. The minimum absolute atomic E-state index is 0. The highest BCUT2D eigenvalue weighted by Gasteiger charge is 2.37. The monoisotopic (exact) mass is 571 g/mol. The van der Waals surface area contributed by atoms with E-state index in [9.17, 15) is 14.7 Å². The fourth-order valence-corrected chi connectivity index (χ4v) is 4.76. The van der Waals surface area contributed by atoms with Crippen molar-refractivity contribution >= 4 is 24.2 Å². The molecule has 3 atom stereocenters. The lowest BCUT2D eigenvalue weighted by Crippen LogP contribution is -2.50. The van der Waals surface area contributed by atoms with Crippen molar-refractivity contribution < 1.29 is 28.9 Å². The lowest BCUT2D eigenvalue weighted by molar-refractivity contribution is -0.134. The molecular formula is C29H50ClN3O6. The fourth-order valence-electron chi connectivity index (χ4n) is 4.76. The van der Waals surface area contributed by atoms with Gasteiger partial charge in [-0.15, -0.1) is 12.4 Å². The van der Waals surface area contributed by atoms with Crippen LogP contribution in [0.2, 0.25) is 0 Å². The van der Waals surface area contributed by atoms with Crippen LogP contribution in [0.5, 0.6) is 5.75 Å². The Morgan fingerprint density at radius 3 is 2.44 bits per heavy atom. The summed E-state index contributed by atoms with van der Waals surface area (Å²) in [6, 6.07) is 6.63. The second kappa shape index (κ2) is 17.7. The number of hydrogen-bond donors (Lipinski definition) is 4. The van der Waals surface area contributed by atoms with Crippen LogP contribution in [0.15, 0.2) is 24.3 Å². The van der Waals surface area contributed by atoms with Crippen LogP contribution < -0.4 is 21.1 Å². The second-order valence-corrected chi connectivity index (χ2v) is 11.2. The van der Waals surface area contributed by atoms with E-state index in [0.29, 0.717) is 50.7 Å². The Hall–Kier alpha value is -1.91. The van der Waals surface area contributed by atoms with Crippen LogP contribution in [0.3, 0.4) is 0 Å². The summed E-state index contributed by atoms with van der Waals surface area (Å²) in [4.78, 5) is 25.8. The van der Waals surface area contributed by atoms with Crippen LogP contribution in [0.4, 0.5) is 0 Å². The molecular weight excluding hydrogens is 522 g/mol. The zero-order valence-corrected chi connectivity index (χ0v) is 25.1. The van der Waals surface area contributed by atoms with Gasteiger partial charge in [0.1, 0.15) is 5.75 Å². The Balaban J connectivity index is 0.00000760. The summed E-state index contributed by atoms with van der Waals surface area (Å²) >= 11 is 0. The first-order chi connectivity index (χ1) is 18.1. The van der Waals surface area contributed by atoms with E-state index >= 15 is 0 Å². The third-order valence-electron chi connectivity index (χ3n) is 7.72. The average Bonchev–Trinajstić information content (AvgIpc) is 2.91. The number of para-hydroxylation sites is 1. The van der Waals surface area contributed by atoms with E-state index in [1.54, 1.807) is 25.3 Å². The first-order valence-electron chi connectivity index (χ1n) is 13.9. The molecule has 1 fully saturated rings. The largest absolute Gasteiger partial charge is 0.493 e. The number of benzene rings is 1. The smallest absolute Gasteiger partial charge is 0.255 e. The molecule has 9 nitrogen and oxygen atoms in total. The van der Waals surface area contributed by atoms with Gasteiger partial charge in [0.2, 0.25) is 5.91 Å². The molecule has 5 N–H and O–H groups in total. The van der Waals surface area contributed by atoms with Gasteiger partial charge in [0.05, 0.1) is 18.3 Å². The maximum absolute atomic E-state index is 13.0. The van der Waals surface area contributed by atoms with Gasteiger partial charge in [-0.05, 0) is 49.1 Å². The zero-order valence-electron chi connectivity index (χ0n) is 24.2. The Morgan fingerprint density at radius 1 is 1.13 bits per heavy atom. The lowest BCUT2D eigenvalue weighted by Gasteiger charge is -2.36. The summed E-state index contributed by atoms with van der Waals surface area (Å²) in [6.07, 6.45) is 2.06. The van der Waals surface area contributed by atoms with E-state index in [-0.39, 0.29) is 48.5 Å². The molecule has 0 aliphatic carbocycles. The molecule has 2 rings (SSSR count). The zero-order chi connectivity index (χ0) is 28.1. The molecule has 1 aromatic rings. The summed E-state index contributed by atoms with van der Waals surface area (Å²) in [5.41, 5.74) is 6.29. The number of amides is 2. The summed E-state index contributed by atoms with van der Waals surface area (Å²) in [5.74, 6) is 0.774. The predicted molar refractivity (Wildman–Crippen MR) is 155 cm³/mol. The molecule has 0 saturated carbocycles. The van der Waals surface area contributed by atoms with E-state index < -0.39 is 17.6 Å². The number of nitrogens with two attached hydrogens (primary N) is 1. The minimum Gasteiger partial charge on any atom is -0.493 e. The SMILES string of the molecule is COCCCOc1ccccc1C(=O)NCC(CC(N)C(O)CNC(=O)C(C)(C)C1CCOCC1)C(C)C.Cl. The number of hydrogen-bond acceptors (Lipinski definition) is 7. The quantitative estimate of drug-likeness (QED) is 0.224. The Bertz CT molecular complexity index is 863. The summed E-state index contributed by atoms with van der Waals surface area (Å²) in [6.45, 7) is 11.0. The first-order valence-corrected chi connectivity index (χ1v) is 13.9. The third kappa shape index (κ3) is 11.2. The van der Waals surface area contributed by atoms with Crippen LogP contribution >= 0.6 is 12.4 Å². The van der Waals surface area contributed by atoms with Crippen molar-refractivity contribution in [2.45, 2.75) is 65.5 Å². The van der Waals surface area contributed by atoms with Crippen molar-refractivity contribution in [3.05, 3.63) is 29.8 Å². The van der Waals surface area contributed by atoms with Crippen molar-refractivity contribution in [1.82, 2.24) is 10.6 Å². The summed E-state index contributed by atoms with van der Waals surface area (Å²) in [5, 5.41) is 16.6. The molecule has 3 unspecified atom stereocenters. The number of aliphatic hydroxyl groups is 1. The molecule has 1 aliphatic rings. The Morgan fingerprint density at radius 2 is 1.79 bits per heavy atom. The molecule has 224 valence electrons. The highest BCUT2D eigenvalue weighted by molar-refractivity contribution is 5.96. The second-order valence-electron chi connectivity index (χ2n) is 11.2. The van der Waals surface area contributed by atoms with E-state index in [2.05, 4.69) is 24.5 Å². The Labute approximate surface area is 240 Å². The van der Waals surface area contributed by atoms with Gasteiger partial charge in [0.25, 0.3) is 5.91 Å². The van der Waals surface area contributed by atoms with Gasteiger partial charge < -0.3 is 35.7 Å². The van der Waals surface area contributed by atoms with Gasteiger partial charge in [-0.2, -0.15) is 0 Å². The van der Waals surface area contributed by atoms with Gasteiger partial charge in [0.15, 0.2) is 0 Å². The molecule has 0 radical (unpaired) electrons. The number of carbonyl (C=O) groups is 2. The minimum atomic E-state index is -0.886. The number of methoxy groups -OCH3 is 1. The highest BCUT2D eigenvalue weighted by atomic mass is 35.5. The molecule has 1 aliphatic heterocycles. The van der Waals surface area contributed by atoms with Gasteiger partial charge >= 0.3 is 0 Å². The molecule has 1 saturated heterocycles. The third-order valence-corrected chi connectivity index (χ3v) is 7.72. The van der Waals surface area contributed by atoms with Gasteiger partial charge in [-0.25, -0.2) is 0 Å². The summed E-state index contributed by atoms with van der Waals surface area (Å²) < 4.78 is 16.3. The molecule has 10 heteroatoms. The van der Waals surface area contributed by atoms with Gasteiger partial charge in [0, 0.05) is 57.9 Å². The van der Waals surface area contributed by atoms with Crippen LogP contribution in [-0.4, -0.2) is 75.7 Å². The predicted octanol–water partition coefficient (Wildman–Crippen LogP) is 3.17. The van der Waals surface area contributed by atoms with Crippen LogP contribution in [0, 0.1) is 23.2 Å². The summed E-state index contributed by atoms with van der Waals surface area (Å²) in [7, 11) is 1.64. The molecule has 1 aromatic carbocycles. The molecule has 0 aromatic heterocycles. The molecule has 39 heavy (non-hydrogen) atoms. The van der Waals surface area contributed by atoms with Crippen molar-refractivity contribution in [3.8, 4) is 5.75 Å². The normalized spacial score (nSPS) is 16.6. The maximum Gasteiger partial charge on any atom is 0.255 e. The van der Waals surface area contributed by atoms with Gasteiger partial charge in [-0.1, -0.05) is 39.8 Å². The van der Waals surface area contributed by atoms with Crippen LogP contribution in [-0.2, 0) is 14.3 Å². The van der Waals surface area contributed by atoms with Crippen LogP contribution in [0.25, 0.3) is 0 Å². The topological polar surface area (TPSA) is 132 Å². The van der Waals surface area contributed by atoms with E-state index in [0.717, 1.165) is 19.3 Å². The fraction of sp³-hybridized carbons (Fsp3) is 0.724. The maximum atomic E-state index is 13.0. The molecule has 0 spiro atoms. The van der Waals surface area contributed by atoms with Crippen molar-refractivity contribution in [2.75, 3.05) is 46.6 Å². The number of aliphatic hydroxyl groups excluding tert-OH is 1. The number of nitrogens with one attached hydrogen (secondary N) is 2. The van der Waals surface area contributed by atoms with Crippen molar-refractivity contribution in [1.29, 1.82) is 0 Å². The number of carbonyl (C=O) groups excluding carboxylic acids is 2. The standard InChI is InChI=1S/C29H49N3O6.ClH/c1-20(2)21(18-31-27(34)23-9-6-7-10-26(23)38-14-8-13-36-5)17-24(30)25(33)19-32-28(35)29(3,4)22-11-15-37-16-12-22;/h6-7,9-10,20-22,24-25,33H,8,11-19,30H2,1-5H3,(H,31,34)(H,32,35);1H. The number of halogens is 1. The highest BCUT2D eigenvalue weighted by Crippen LogP contribution is 2.34. The number of ether oxygens (including phenoxy) is 3. The Kier molecular flexibility index (Phi) is 15.9. The van der Waals surface area contributed by atoms with Crippen molar-refractivity contribution in [2.24, 2.45) is 28.9 Å². The molecule has 1 heterocycles. The lowest BCUT2D eigenvalue weighted by atomic mass is 9.74. The van der Waals surface area contributed by atoms with E-state index in [4.69, 9.17) is 19.9 Å². The van der Waals surface area contributed by atoms with E-state index in [1.807, 2.05) is 19.9 Å².